The highest BCUT2D eigenvalue weighted by Gasteiger charge is 2.28. The summed E-state index contributed by atoms with van der Waals surface area (Å²) >= 11 is 0. The molecule has 0 aromatic heterocycles. The fourth-order valence-electron chi connectivity index (χ4n) is 1.67. The Labute approximate surface area is 100 Å². The summed E-state index contributed by atoms with van der Waals surface area (Å²) < 4.78 is 39.3. The normalized spacial score (nSPS) is 15.9. The zero-order valence-corrected chi connectivity index (χ0v) is 10.1. The number of nitrogens with two attached hydrogens (primary N) is 1. The van der Waals surface area contributed by atoms with Crippen LogP contribution in [0.15, 0.2) is 18.2 Å². The molecule has 0 spiro atoms. The summed E-state index contributed by atoms with van der Waals surface area (Å²) in [5.74, 6) is -0.130. The van der Waals surface area contributed by atoms with Gasteiger partial charge in [-0.05, 0) is 30.9 Å². The predicted octanol–water partition coefficient (Wildman–Crippen LogP) is 1.44. The van der Waals surface area contributed by atoms with Crippen LogP contribution in [0.2, 0.25) is 0 Å². The number of hydrogen-bond acceptors (Lipinski definition) is 3. The summed E-state index contributed by atoms with van der Waals surface area (Å²) in [4.78, 5) is 0. The minimum Gasteiger partial charge on any atom is -0.326 e. The van der Waals surface area contributed by atoms with Crippen molar-refractivity contribution in [3.8, 4) is 0 Å². The first-order valence-corrected chi connectivity index (χ1v) is 7.15. The van der Waals surface area contributed by atoms with Gasteiger partial charge in [0.05, 0.1) is 11.4 Å². The second-order valence-corrected chi connectivity index (χ2v) is 6.06. The highest BCUT2D eigenvalue weighted by Crippen LogP contribution is 2.31. The molecule has 0 atom stereocenters. The molecule has 0 bridgehead atoms. The summed E-state index contributed by atoms with van der Waals surface area (Å²) in [5, 5.41) is 0. The number of benzene rings is 1. The van der Waals surface area contributed by atoms with Crippen molar-refractivity contribution < 1.29 is 12.8 Å². The van der Waals surface area contributed by atoms with Crippen LogP contribution in [0.25, 0.3) is 0 Å². The maximum atomic E-state index is 13.4. The first kappa shape index (κ1) is 12.3. The van der Waals surface area contributed by atoms with E-state index < -0.39 is 15.8 Å². The van der Waals surface area contributed by atoms with Gasteiger partial charge in [0.2, 0.25) is 10.0 Å². The Kier molecular flexibility index (Phi) is 3.35. The Hall–Kier alpha value is -1.14. The number of sulfonamides is 1. The van der Waals surface area contributed by atoms with E-state index in [9.17, 15) is 12.8 Å². The van der Waals surface area contributed by atoms with E-state index >= 15 is 0 Å². The number of hydrogen-bond donors (Lipinski definition) is 2. The molecule has 3 N–H and O–H groups in total. The van der Waals surface area contributed by atoms with Crippen LogP contribution >= 0.6 is 0 Å². The van der Waals surface area contributed by atoms with Gasteiger partial charge in [-0.2, -0.15) is 0 Å². The van der Waals surface area contributed by atoms with Gasteiger partial charge >= 0.3 is 0 Å². The lowest BCUT2D eigenvalue weighted by molar-refractivity contribution is 0.596. The second-order valence-electron chi connectivity index (χ2n) is 4.30. The zero-order chi connectivity index (χ0) is 12.5. The summed E-state index contributed by atoms with van der Waals surface area (Å²) in [7, 11) is -3.39. The van der Waals surface area contributed by atoms with Gasteiger partial charge in [0.15, 0.2) is 0 Å². The summed E-state index contributed by atoms with van der Waals surface area (Å²) in [6, 6.07) is 4.25. The number of nitrogens with one attached hydrogen (secondary N) is 1. The molecule has 0 saturated heterocycles. The van der Waals surface area contributed by atoms with E-state index in [2.05, 4.69) is 4.72 Å². The molecule has 94 valence electrons. The minimum atomic E-state index is -3.39. The van der Waals surface area contributed by atoms with Crippen LogP contribution in [0.3, 0.4) is 0 Å². The first-order chi connectivity index (χ1) is 8.02. The smallest absolute Gasteiger partial charge is 0.233 e. The molecule has 0 unspecified atom stereocenters. The highest BCUT2D eigenvalue weighted by atomic mass is 32.2. The molecule has 1 fully saturated rings. The van der Waals surface area contributed by atoms with Crippen molar-refractivity contribution in [1.29, 1.82) is 0 Å². The largest absolute Gasteiger partial charge is 0.326 e. The van der Waals surface area contributed by atoms with Crippen LogP contribution in [-0.2, 0) is 16.6 Å². The SMILES string of the molecule is NCc1c(F)cccc1NS(=O)(=O)CC1CC1. The van der Waals surface area contributed by atoms with Crippen molar-refractivity contribution in [3.63, 3.8) is 0 Å². The van der Waals surface area contributed by atoms with Crippen molar-refractivity contribution in [2.75, 3.05) is 10.5 Å². The van der Waals surface area contributed by atoms with Crippen molar-refractivity contribution in [2.45, 2.75) is 19.4 Å². The molecule has 0 aliphatic heterocycles. The number of halogens is 1. The maximum Gasteiger partial charge on any atom is 0.233 e. The number of rotatable bonds is 5. The third-order valence-corrected chi connectivity index (χ3v) is 4.18. The van der Waals surface area contributed by atoms with Crippen molar-refractivity contribution in [2.24, 2.45) is 11.7 Å². The van der Waals surface area contributed by atoms with Crippen LogP contribution in [0, 0.1) is 11.7 Å². The van der Waals surface area contributed by atoms with Gasteiger partial charge in [0.1, 0.15) is 5.82 Å². The Morgan fingerprint density at radius 1 is 1.41 bits per heavy atom. The lowest BCUT2D eigenvalue weighted by Gasteiger charge is -2.11. The van der Waals surface area contributed by atoms with Crippen molar-refractivity contribution in [3.05, 3.63) is 29.6 Å². The monoisotopic (exact) mass is 258 g/mol. The molecule has 4 nitrogen and oxygen atoms in total. The van der Waals surface area contributed by atoms with Gasteiger partial charge in [-0.25, -0.2) is 12.8 Å². The van der Waals surface area contributed by atoms with Gasteiger partial charge < -0.3 is 5.73 Å². The number of anilines is 1. The van der Waals surface area contributed by atoms with Crippen LogP contribution in [0.4, 0.5) is 10.1 Å². The average Bonchev–Trinajstić information content (AvgIpc) is 3.00. The van der Waals surface area contributed by atoms with E-state index in [4.69, 9.17) is 5.73 Å². The average molecular weight is 258 g/mol. The molecule has 1 aromatic carbocycles. The lowest BCUT2D eigenvalue weighted by Crippen LogP contribution is -2.19. The van der Waals surface area contributed by atoms with Gasteiger partial charge in [-0.1, -0.05) is 6.07 Å². The molecule has 17 heavy (non-hydrogen) atoms. The highest BCUT2D eigenvalue weighted by molar-refractivity contribution is 7.92. The van der Waals surface area contributed by atoms with Crippen LogP contribution in [0.5, 0.6) is 0 Å². The summed E-state index contributed by atoms with van der Waals surface area (Å²) in [6.45, 7) is -0.0338. The molecule has 1 saturated carbocycles. The molecular weight excluding hydrogens is 243 g/mol. The van der Waals surface area contributed by atoms with E-state index in [0.29, 0.717) is 0 Å². The van der Waals surface area contributed by atoms with Gasteiger partial charge in [0.25, 0.3) is 0 Å². The van der Waals surface area contributed by atoms with E-state index in [1.807, 2.05) is 0 Å². The predicted molar refractivity (Wildman–Crippen MR) is 64.4 cm³/mol. The van der Waals surface area contributed by atoms with Gasteiger partial charge in [-0.3, -0.25) is 4.72 Å². The van der Waals surface area contributed by atoms with Gasteiger partial charge in [-0.15, -0.1) is 0 Å². The van der Waals surface area contributed by atoms with E-state index in [1.165, 1.54) is 18.2 Å². The lowest BCUT2D eigenvalue weighted by atomic mass is 10.2. The Morgan fingerprint density at radius 2 is 2.12 bits per heavy atom. The molecule has 1 aromatic rings. The maximum absolute atomic E-state index is 13.4. The fraction of sp³-hybridized carbons (Fsp3) is 0.455. The molecule has 0 amide bonds. The quantitative estimate of drug-likeness (QED) is 0.839. The molecule has 0 radical (unpaired) electrons. The van der Waals surface area contributed by atoms with Crippen molar-refractivity contribution in [1.82, 2.24) is 0 Å². The minimum absolute atomic E-state index is 0.0338. The molecule has 2 rings (SSSR count). The van der Waals surface area contributed by atoms with E-state index in [0.717, 1.165) is 12.8 Å². The molecular formula is C11H15FN2O2S. The summed E-state index contributed by atoms with van der Waals surface area (Å²) in [6.07, 6.45) is 1.90. The summed E-state index contributed by atoms with van der Waals surface area (Å²) in [5.41, 5.74) is 5.85. The second kappa shape index (κ2) is 4.62. The Bertz CT molecular complexity index is 512. The zero-order valence-electron chi connectivity index (χ0n) is 9.32. The third-order valence-electron chi connectivity index (χ3n) is 2.74. The van der Waals surface area contributed by atoms with Crippen LogP contribution in [-0.4, -0.2) is 14.2 Å². The molecule has 0 heterocycles. The topological polar surface area (TPSA) is 72.2 Å². The van der Waals surface area contributed by atoms with Crippen LogP contribution < -0.4 is 10.5 Å². The first-order valence-electron chi connectivity index (χ1n) is 5.50. The molecule has 6 heteroatoms. The Balaban J connectivity index is 2.19. The van der Waals surface area contributed by atoms with E-state index in [1.54, 1.807) is 0 Å². The molecule has 1 aliphatic carbocycles. The fourth-order valence-corrected chi connectivity index (χ4v) is 3.23. The third kappa shape index (κ3) is 3.17. The van der Waals surface area contributed by atoms with Gasteiger partial charge in [0, 0.05) is 12.1 Å². The van der Waals surface area contributed by atoms with Crippen molar-refractivity contribution >= 4 is 15.7 Å². The van der Waals surface area contributed by atoms with Crippen LogP contribution in [0.1, 0.15) is 18.4 Å². The standard InChI is InChI=1S/C11H15FN2O2S/c12-10-2-1-3-11(9(10)6-13)14-17(15,16)7-8-4-5-8/h1-3,8,14H,4-7,13H2. The van der Waals surface area contributed by atoms with E-state index in [-0.39, 0.29) is 29.5 Å². The Morgan fingerprint density at radius 3 is 2.71 bits per heavy atom. The molecule has 1 aliphatic rings.